The van der Waals surface area contributed by atoms with Gasteiger partial charge >= 0.3 is 0 Å². The Morgan fingerprint density at radius 1 is 1.41 bits per heavy atom. The second-order valence-corrected chi connectivity index (χ2v) is 6.97. The van der Waals surface area contributed by atoms with Crippen LogP contribution in [0.3, 0.4) is 0 Å². The number of hydrogen-bond donors (Lipinski definition) is 1. The Kier molecular flexibility index (Phi) is 5.46. The highest BCUT2D eigenvalue weighted by Gasteiger charge is 2.15. The van der Waals surface area contributed by atoms with E-state index < -0.39 is 0 Å². The Morgan fingerprint density at radius 2 is 2.12 bits per heavy atom. The first-order valence-electron chi connectivity index (χ1n) is 6.10. The van der Waals surface area contributed by atoms with Crippen molar-refractivity contribution in [3.8, 4) is 0 Å². The zero-order valence-corrected chi connectivity index (χ0v) is 12.2. The van der Waals surface area contributed by atoms with Gasteiger partial charge in [-0.05, 0) is 6.42 Å². The van der Waals surface area contributed by atoms with Gasteiger partial charge in [-0.3, -0.25) is 0 Å². The molecule has 1 unspecified atom stereocenters. The summed E-state index contributed by atoms with van der Waals surface area (Å²) in [6.07, 6.45) is 0.971. The zero-order valence-electron chi connectivity index (χ0n) is 11.4. The van der Waals surface area contributed by atoms with Crippen molar-refractivity contribution in [3.63, 3.8) is 0 Å². The molecule has 0 fully saturated rings. The molecular weight excluding hydrogens is 234 g/mol. The summed E-state index contributed by atoms with van der Waals surface area (Å²) in [5.41, 5.74) is 0. The highest BCUT2D eigenvalue weighted by atomic mass is 32.2. The van der Waals surface area contributed by atoms with Crippen LogP contribution in [0.25, 0.3) is 0 Å². The third-order valence-corrected chi connectivity index (χ3v) is 3.57. The van der Waals surface area contributed by atoms with Gasteiger partial charge < -0.3 is 9.84 Å². The summed E-state index contributed by atoms with van der Waals surface area (Å²) in [5.74, 6) is 2.49. The summed E-state index contributed by atoms with van der Waals surface area (Å²) in [6, 6.07) is 0.202. The summed E-state index contributed by atoms with van der Waals surface area (Å²) in [4.78, 5) is 4.26. The lowest BCUT2D eigenvalue weighted by Crippen LogP contribution is -2.25. The van der Waals surface area contributed by atoms with E-state index in [1.54, 1.807) is 0 Å². The maximum atomic E-state index is 5.00. The standard InChI is InChI=1S/C12H23N3OS/c1-6-10(11-14-9(2)16-15-11)13-7-8-17-12(3,4)5/h10,13H,6-8H2,1-5H3. The molecule has 17 heavy (non-hydrogen) atoms. The molecule has 0 aliphatic rings. The number of nitrogens with zero attached hydrogens (tertiary/aromatic N) is 2. The molecule has 98 valence electrons. The molecule has 0 aromatic carbocycles. The van der Waals surface area contributed by atoms with E-state index in [1.807, 2.05) is 18.7 Å². The number of aryl methyl sites for hydroxylation is 1. The Labute approximate surface area is 108 Å². The normalized spacial score (nSPS) is 13.9. The third kappa shape index (κ3) is 5.55. The fourth-order valence-corrected chi connectivity index (χ4v) is 2.30. The van der Waals surface area contributed by atoms with E-state index in [-0.39, 0.29) is 6.04 Å². The van der Waals surface area contributed by atoms with E-state index in [0.29, 0.717) is 10.6 Å². The molecule has 1 aromatic heterocycles. The molecule has 1 N–H and O–H groups in total. The highest BCUT2D eigenvalue weighted by Crippen LogP contribution is 2.22. The van der Waals surface area contributed by atoms with Crippen LogP contribution in [0.2, 0.25) is 0 Å². The first-order valence-corrected chi connectivity index (χ1v) is 7.08. The molecule has 0 saturated carbocycles. The van der Waals surface area contributed by atoms with E-state index in [9.17, 15) is 0 Å². The lowest BCUT2D eigenvalue weighted by Gasteiger charge is -2.19. The SMILES string of the molecule is CCC(NCCSC(C)(C)C)c1noc(C)n1. The number of aromatic nitrogens is 2. The van der Waals surface area contributed by atoms with Crippen molar-refractivity contribution in [1.29, 1.82) is 0 Å². The topological polar surface area (TPSA) is 51.0 Å². The second kappa shape index (κ2) is 6.40. The molecule has 1 atom stereocenters. The predicted molar refractivity (Wildman–Crippen MR) is 72.3 cm³/mol. The van der Waals surface area contributed by atoms with Crippen LogP contribution < -0.4 is 5.32 Å². The van der Waals surface area contributed by atoms with Gasteiger partial charge in [0, 0.05) is 24.0 Å². The van der Waals surface area contributed by atoms with E-state index >= 15 is 0 Å². The van der Waals surface area contributed by atoms with Gasteiger partial charge in [0.05, 0.1) is 6.04 Å². The van der Waals surface area contributed by atoms with Gasteiger partial charge in [-0.1, -0.05) is 32.9 Å². The van der Waals surface area contributed by atoms with Crippen molar-refractivity contribution in [2.45, 2.75) is 51.8 Å². The number of nitrogens with one attached hydrogen (secondary N) is 1. The van der Waals surface area contributed by atoms with Crippen molar-refractivity contribution >= 4 is 11.8 Å². The minimum atomic E-state index is 0.202. The van der Waals surface area contributed by atoms with E-state index in [4.69, 9.17) is 4.52 Å². The van der Waals surface area contributed by atoms with Gasteiger partial charge in [0.15, 0.2) is 5.82 Å². The van der Waals surface area contributed by atoms with Crippen molar-refractivity contribution in [3.05, 3.63) is 11.7 Å². The molecule has 0 radical (unpaired) electrons. The van der Waals surface area contributed by atoms with Gasteiger partial charge in [0.2, 0.25) is 5.89 Å². The van der Waals surface area contributed by atoms with E-state index in [2.05, 4.69) is 43.2 Å². The van der Waals surface area contributed by atoms with Crippen LogP contribution in [0, 0.1) is 6.92 Å². The average molecular weight is 257 g/mol. The highest BCUT2D eigenvalue weighted by molar-refractivity contribution is 8.00. The lowest BCUT2D eigenvalue weighted by molar-refractivity contribution is 0.376. The summed E-state index contributed by atoms with van der Waals surface area (Å²) < 4.78 is 5.33. The molecular formula is C12H23N3OS. The molecule has 0 bridgehead atoms. The maximum Gasteiger partial charge on any atom is 0.223 e. The first kappa shape index (κ1) is 14.5. The summed E-state index contributed by atoms with van der Waals surface area (Å²) in [5, 5.41) is 7.42. The molecule has 0 amide bonds. The zero-order chi connectivity index (χ0) is 12.9. The Hall–Kier alpha value is -0.550. The summed E-state index contributed by atoms with van der Waals surface area (Å²) in [6.45, 7) is 11.6. The van der Waals surface area contributed by atoms with E-state index in [1.165, 1.54) is 0 Å². The smallest absolute Gasteiger partial charge is 0.223 e. The molecule has 0 aliphatic heterocycles. The average Bonchev–Trinajstić information content (AvgIpc) is 2.63. The summed E-state index contributed by atoms with van der Waals surface area (Å²) >= 11 is 1.96. The van der Waals surface area contributed by atoms with Crippen LogP contribution in [0.5, 0.6) is 0 Å². The van der Waals surface area contributed by atoms with Crippen LogP contribution >= 0.6 is 11.8 Å². The molecule has 1 aromatic rings. The predicted octanol–water partition coefficient (Wildman–Crippen LogP) is 2.95. The maximum absolute atomic E-state index is 5.00. The monoisotopic (exact) mass is 257 g/mol. The first-order chi connectivity index (χ1) is 7.92. The Balaban J connectivity index is 2.33. The van der Waals surface area contributed by atoms with Crippen molar-refractivity contribution in [1.82, 2.24) is 15.5 Å². The summed E-state index contributed by atoms with van der Waals surface area (Å²) in [7, 11) is 0. The molecule has 4 nitrogen and oxygen atoms in total. The molecule has 1 rings (SSSR count). The van der Waals surface area contributed by atoms with Crippen LogP contribution in [-0.4, -0.2) is 27.2 Å². The van der Waals surface area contributed by atoms with Crippen molar-refractivity contribution in [2.75, 3.05) is 12.3 Å². The fraction of sp³-hybridized carbons (Fsp3) is 0.833. The number of thioether (sulfide) groups is 1. The van der Waals surface area contributed by atoms with Gasteiger partial charge in [-0.25, -0.2) is 0 Å². The molecule has 0 spiro atoms. The molecule has 0 aliphatic carbocycles. The van der Waals surface area contributed by atoms with Gasteiger partial charge in [0.25, 0.3) is 0 Å². The Bertz CT molecular complexity index is 333. The van der Waals surface area contributed by atoms with Gasteiger partial charge in [-0.15, -0.1) is 0 Å². The quantitative estimate of drug-likeness (QED) is 0.794. The van der Waals surface area contributed by atoms with Gasteiger partial charge in [0.1, 0.15) is 0 Å². The minimum Gasteiger partial charge on any atom is -0.340 e. The van der Waals surface area contributed by atoms with Crippen LogP contribution in [0.1, 0.15) is 51.9 Å². The third-order valence-electron chi connectivity index (χ3n) is 2.29. The minimum absolute atomic E-state index is 0.202. The van der Waals surface area contributed by atoms with E-state index in [0.717, 1.165) is 24.5 Å². The Morgan fingerprint density at radius 3 is 2.59 bits per heavy atom. The molecule has 1 heterocycles. The fourth-order valence-electron chi connectivity index (χ4n) is 1.47. The van der Waals surface area contributed by atoms with Crippen LogP contribution in [0.4, 0.5) is 0 Å². The van der Waals surface area contributed by atoms with Gasteiger partial charge in [-0.2, -0.15) is 16.7 Å². The largest absolute Gasteiger partial charge is 0.340 e. The number of hydrogen-bond acceptors (Lipinski definition) is 5. The van der Waals surface area contributed by atoms with Crippen molar-refractivity contribution in [2.24, 2.45) is 0 Å². The number of rotatable bonds is 6. The lowest BCUT2D eigenvalue weighted by atomic mass is 10.2. The van der Waals surface area contributed by atoms with Crippen molar-refractivity contribution < 1.29 is 4.52 Å². The van der Waals surface area contributed by atoms with Crippen LogP contribution in [0.15, 0.2) is 4.52 Å². The second-order valence-electron chi connectivity index (χ2n) is 5.05. The van der Waals surface area contributed by atoms with Crippen LogP contribution in [-0.2, 0) is 0 Å². The molecule has 5 heteroatoms. The molecule has 0 saturated heterocycles.